The number of esters is 1. The second-order valence-electron chi connectivity index (χ2n) is 37.8. The molecule has 12 rings (SSSR count). The van der Waals surface area contributed by atoms with Crippen LogP contribution in [0.25, 0.3) is 0 Å². The third-order valence-electron chi connectivity index (χ3n) is 22.9. The molecule has 1 aliphatic rings. The summed E-state index contributed by atoms with van der Waals surface area (Å²) in [6.07, 6.45) is 3.36. The smallest absolute Gasteiger partial charge is 0.373 e. The van der Waals surface area contributed by atoms with Crippen molar-refractivity contribution < 1.29 is 99.8 Å². The molecule has 0 aliphatic carbocycles. The summed E-state index contributed by atoms with van der Waals surface area (Å²) in [6.45, 7) is 43.7. The Morgan fingerprint density at radius 3 is 1.08 bits per heavy atom. The van der Waals surface area contributed by atoms with Crippen LogP contribution in [-0.4, -0.2) is 102 Å². The van der Waals surface area contributed by atoms with Crippen LogP contribution in [0.15, 0.2) is 219 Å². The van der Waals surface area contributed by atoms with Gasteiger partial charge in [0, 0.05) is 37.5 Å². The van der Waals surface area contributed by atoms with E-state index in [1.807, 2.05) is 202 Å². The van der Waals surface area contributed by atoms with Crippen LogP contribution in [0.5, 0.6) is 46.0 Å². The SMILES string of the molecule is C=C(OCOP(=O)(COc1cc(C)c(Cc2ccc(O)c(Cc3ccccc3)c2)c(C)c1)OCOC(=O)C(C)(C)C)C(C)(C)C.Cc1cc(OCP(C)(=O)O)cc(C)c1Cc1ccc(O)c(C(C)C)c1.Cc1cc(OCP(C)(=O)O)cc(C)c1Cc1ccc(O)c(Cc2ccccc2)c1.Cc1cccc(C2COP(=O)(COc3cc(C)c(Cc4ccc(O)c(C(C)C)c4)c(C)c3)OC2)c1. The number of benzene rings is 11. The van der Waals surface area contributed by atoms with Crippen molar-refractivity contribution >= 4 is 35.9 Å². The number of aromatic hydroxyl groups is 4. The molecule has 6 N–H and O–H groups in total. The van der Waals surface area contributed by atoms with Crippen LogP contribution in [0.4, 0.5) is 0 Å². The Hall–Kier alpha value is -10.5. The summed E-state index contributed by atoms with van der Waals surface area (Å²) in [5, 5.41) is 40.9. The normalized spacial score (nSPS) is 15.1. The van der Waals surface area contributed by atoms with Crippen molar-refractivity contribution in [3.05, 3.63) is 352 Å². The van der Waals surface area contributed by atoms with Crippen molar-refractivity contribution in [3.63, 3.8) is 0 Å². The Kier molecular flexibility index (Phi) is 38.2. The molecular formula is C109H136O21P4. The van der Waals surface area contributed by atoms with Gasteiger partial charge in [-0.1, -0.05) is 194 Å². The van der Waals surface area contributed by atoms with Gasteiger partial charge < -0.3 is 67.7 Å². The fourth-order valence-electron chi connectivity index (χ4n) is 15.1. The summed E-state index contributed by atoms with van der Waals surface area (Å²) in [5.41, 5.74) is 24.9. The summed E-state index contributed by atoms with van der Waals surface area (Å²) in [6, 6.07) is 66.7. The Morgan fingerprint density at radius 1 is 0.410 bits per heavy atom. The minimum atomic E-state index is -3.93. The van der Waals surface area contributed by atoms with Crippen molar-refractivity contribution in [2.24, 2.45) is 10.8 Å². The Balaban J connectivity index is 0.000000205. The van der Waals surface area contributed by atoms with Crippen molar-refractivity contribution in [2.75, 3.05) is 65.5 Å². The molecule has 1 saturated heterocycles. The molecule has 25 heteroatoms. The zero-order valence-electron chi connectivity index (χ0n) is 81.6. The standard InChI is InChI=1S/C36H47O8P.C29H35O5P.C24H27O4P.C20H27O4P/c1-25-17-31(18-26(2)32(25)21-29-15-16-33(37)30(20-29)19-28-13-11-10-12-14-28)42-24-45(39,43-22-40-27(3)35(4,5)6)44-23-41-34(38)36(7,8)9;1-19(2)27-14-23(9-10-29(27)30)15-28-21(4)12-26(13-22(28)5)32-18-35(31)33-16-25(17-34-35)24-8-6-7-20(3)11-24;1-17-11-22(28-16-29(3,26)27)12-18(2)23(17)15-20-9-10-24(25)21(14-20)13-19-7-5-4-6-8-19;1-13(2)18-10-16(6-7-20(18)21)11-19-14(3)8-17(9-15(19)4)24-12-25(5,22)23/h10-18,20,37H,3,19,21-24H2,1-2,4-9H3;6-14,19,25,30H,15-18H2,1-5H3;4-12,14,25H,13,15-16H2,1-3H3,(H,26,27);6-10,13,21H,11-12H2,1-5H3,(H,22,23). The van der Waals surface area contributed by atoms with Crippen LogP contribution >= 0.6 is 29.9 Å². The van der Waals surface area contributed by atoms with E-state index in [0.717, 1.165) is 131 Å². The molecule has 1 fully saturated rings. The predicted octanol–water partition coefficient (Wildman–Crippen LogP) is 26.6. The lowest BCUT2D eigenvalue weighted by Gasteiger charge is -2.29. The van der Waals surface area contributed by atoms with E-state index in [-0.39, 0.29) is 54.8 Å². The maximum Gasteiger partial charge on any atom is 0.373 e. The van der Waals surface area contributed by atoms with E-state index in [9.17, 15) is 53.3 Å². The highest BCUT2D eigenvalue weighted by molar-refractivity contribution is 7.57. The number of rotatable bonds is 34. The quantitative estimate of drug-likeness (QED) is 0.00945. The molecule has 0 saturated carbocycles. The van der Waals surface area contributed by atoms with E-state index in [2.05, 4.69) is 97.5 Å². The molecule has 11 aromatic carbocycles. The summed E-state index contributed by atoms with van der Waals surface area (Å²) >= 11 is 0. The Morgan fingerprint density at radius 2 is 0.746 bits per heavy atom. The number of allylic oxidation sites excluding steroid dienone is 1. The van der Waals surface area contributed by atoms with Gasteiger partial charge in [0.1, 0.15) is 46.0 Å². The maximum absolute atomic E-state index is 13.6. The number of phenolic OH excluding ortho intramolecular Hbond substituents is 4. The van der Waals surface area contributed by atoms with E-state index in [1.54, 1.807) is 45.0 Å². The summed E-state index contributed by atoms with van der Waals surface area (Å²) in [5.74, 6) is 4.16. The number of ether oxygens (including phenoxy) is 6. The van der Waals surface area contributed by atoms with Gasteiger partial charge in [0.15, 0.2) is 32.2 Å². The highest BCUT2D eigenvalue weighted by Crippen LogP contribution is 2.54. The lowest BCUT2D eigenvalue weighted by molar-refractivity contribution is -0.160. The predicted molar refractivity (Wildman–Crippen MR) is 536 cm³/mol. The Bertz CT molecular complexity index is 5920. The van der Waals surface area contributed by atoms with Gasteiger partial charge in [-0.15, -0.1) is 0 Å². The van der Waals surface area contributed by atoms with Gasteiger partial charge in [-0.3, -0.25) is 32.1 Å². The van der Waals surface area contributed by atoms with Crippen molar-refractivity contribution in [2.45, 2.75) is 188 Å². The third kappa shape index (κ3) is 33.5. The highest BCUT2D eigenvalue weighted by Gasteiger charge is 2.35. The number of carbonyl (C=O) groups is 1. The van der Waals surface area contributed by atoms with Gasteiger partial charge in [0.2, 0.25) is 21.5 Å². The fourth-order valence-corrected chi connectivity index (χ4v) is 18.2. The van der Waals surface area contributed by atoms with E-state index in [0.29, 0.717) is 78.5 Å². The van der Waals surface area contributed by atoms with Crippen LogP contribution in [-0.2, 0) is 89.1 Å². The van der Waals surface area contributed by atoms with Gasteiger partial charge in [0.25, 0.3) is 0 Å². The van der Waals surface area contributed by atoms with Crippen LogP contribution in [0.2, 0.25) is 0 Å². The number of hydrogen-bond acceptors (Lipinski definition) is 19. The molecule has 0 amide bonds. The van der Waals surface area contributed by atoms with Gasteiger partial charge in [-0.2, -0.15) is 0 Å². The van der Waals surface area contributed by atoms with Crippen LogP contribution in [0, 0.1) is 73.1 Å². The summed E-state index contributed by atoms with van der Waals surface area (Å²) in [7, 11) is -13.6. The molecule has 21 nitrogen and oxygen atoms in total. The average Bonchev–Trinajstić information content (AvgIpc) is 0.792. The molecule has 0 aromatic heterocycles. The van der Waals surface area contributed by atoms with E-state index in [4.69, 9.17) is 46.5 Å². The summed E-state index contributed by atoms with van der Waals surface area (Å²) in [4.78, 5) is 31.0. The van der Waals surface area contributed by atoms with Crippen molar-refractivity contribution in [1.29, 1.82) is 0 Å². The van der Waals surface area contributed by atoms with E-state index in [1.165, 1.54) is 35.6 Å². The minimum absolute atomic E-state index is 0.0665. The molecule has 3 unspecified atom stereocenters. The zero-order chi connectivity index (χ0) is 98.4. The van der Waals surface area contributed by atoms with E-state index >= 15 is 0 Å². The highest BCUT2D eigenvalue weighted by atomic mass is 31.2. The van der Waals surface area contributed by atoms with E-state index < -0.39 is 54.5 Å². The molecule has 0 spiro atoms. The lowest BCUT2D eigenvalue weighted by Crippen LogP contribution is -2.24. The van der Waals surface area contributed by atoms with Crippen LogP contribution in [0.1, 0.15) is 221 Å². The third-order valence-corrected chi connectivity index (χ3v) is 27.1. The molecular weight excluding hydrogens is 1770 g/mol. The lowest BCUT2D eigenvalue weighted by atomic mass is 9.93. The first-order chi connectivity index (χ1) is 62.9. The number of carbonyl (C=O) groups excluding carboxylic acids is 1. The topological polar surface area (TPSA) is 299 Å². The molecule has 134 heavy (non-hydrogen) atoms. The van der Waals surface area contributed by atoms with Crippen molar-refractivity contribution in [3.8, 4) is 46.0 Å². The molecule has 718 valence electrons. The second kappa shape index (κ2) is 47.8. The number of phenols is 4. The minimum Gasteiger partial charge on any atom is -0.508 e. The second-order valence-corrected chi connectivity index (χ2v) is 46.5. The molecule has 0 radical (unpaired) electrons. The monoisotopic (exact) mass is 1900 g/mol. The van der Waals surface area contributed by atoms with Crippen LogP contribution in [0.3, 0.4) is 0 Å². The zero-order valence-corrected chi connectivity index (χ0v) is 85.1. The average molecular weight is 1910 g/mol. The first-order valence-corrected chi connectivity index (χ1v) is 53.1. The number of hydrogen-bond donors (Lipinski definition) is 6. The first-order valence-electron chi connectivity index (χ1n) is 45.0. The molecule has 11 aromatic rings. The largest absolute Gasteiger partial charge is 0.508 e. The summed E-state index contributed by atoms with van der Waals surface area (Å²) < 4.78 is 105. The molecule has 1 aliphatic heterocycles. The fraction of sp³-hybridized carbons (Fsp3) is 0.367. The molecule has 0 bridgehead atoms. The van der Waals surface area contributed by atoms with Crippen molar-refractivity contribution in [1.82, 2.24) is 0 Å². The molecule has 3 atom stereocenters. The molecule has 1 heterocycles. The number of aryl methyl sites for hydroxylation is 9. The van der Waals surface area contributed by atoms with Gasteiger partial charge in [0.05, 0.1) is 24.4 Å². The maximum atomic E-state index is 13.6. The first kappa shape index (κ1) is 107. The van der Waals surface area contributed by atoms with Gasteiger partial charge in [-0.25, -0.2) is 0 Å². The van der Waals surface area contributed by atoms with Gasteiger partial charge in [-0.05, 0) is 321 Å². The van der Waals surface area contributed by atoms with Crippen LogP contribution < -0.4 is 18.9 Å². The van der Waals surface area contributed by atoms with Gasteiger partial charge >= 0.3 is 21.2 Å². The Labute approximate surface area is 793 Å².